The molecule has 5 rings (SSSR count). The van der Waals surface area contributed by atoms with Crippen molar-refractivity contribution in [2.45, 2.75) is 78.2 Å². The number of nitrogens with one attached hydrogen (secondary N) is 2. The summed E-state index contributed by atoms with van der Waals surface area (Å²) in [5.74, 6) is 0.139. The number of benzene rings is 1. The first-order valence-electron chi connectivity index (χ1n) is 13.5. The Bertz CT molecular complexity index is 1290. The highest BCUT2D eigenvalue weighted by Crippen LogP contribution is 2.60. The molecular formula is C30H36N2O6. The van der Waals surface area contributed by atoms with Crippen molar-refractivity contribution in [3.8, 4) is 0 Å². The average molecular weight is 521 g/mol. The number of Topliss-reactive ketones (excluding diaryl/α,β-unsaturated/α-hetero) is 3. The molecule has 8 nitrogen and oxygen atoms in total. The molecule has 0 spiro atoms. The highest BCUT2D eigenvalue weighted by Gasteiger charge is 2.62. The maximum Gasteiger partial charge on any atom is 0.373 e. The van der Waals surface area contributed by atoms with Gasteiger partial charge in [0.05, 0.1) is 0 Å². The normalized spacial score (nSPS) is 31.0. The van der Waals surface area contributed by atoms with Gasteiger partial charge in [-0.2, -0.15) is 9.59 Å². The number of aromatic amines is 1. The van der Waals surface area contributed by atoms with Crippen LogP contribution in [-0.4, -0.2) is 40.4 Å². The van der Waals surface area contributed by atoms with Gasteiger partial charge >= 0.3 is 6.15 Å². The van der Waals surface area contributed by atoms with Gasteiger partial charge in [-0.15, -0.1) is 0 Å². The summed E-state index contributed by atoms with van der Waals surface area (Å²) in [5.41, 5.74) is 0.850. The second-order valence-corrected chi connectivity index (χ2v) is 11.8. The highest BCUT2D eigenvalue weighted by atomic mass is 16.2. The molecule has 8 heteroatoms. The molecule has 0 radical (unpaired) electrons. The standard InChI is InChI=1S/C29H36N2O4.CO2/c1-17(14-18-16-30-22-7-5-4-6-19(18)22)31-26(35)12-13-28(2)24(33)10-8-20-21-9-11-25(34)29(21,3)15-23(32)27(20)28;2-1-3/h4-7,16-17,20-21,27,30H,8-15H2,1-3H3,(H,31,35);/t17-,20+,21+,27-,28+,29+;/m1./s1. The number of carbonyl (C=O) groups excluding carboxylic acids is 6. The van der Waals surface area contributed by atoms with Crippen molar-refractivity contribution in [3.63, 3.8) is 0 Å². The zero-order valence-electron chi connectivity index (χ0n) is 22.3. The second kappa shape index (κ2) is 10.8. The molecule has 3 aliphatic carbocycles. The van der Waals surface area contributed by atoms with Gasteiger partial charge in [-0.05, 0) is 56.1 Å². The van der Waals surface area contributed by atoms with Crippen LogP contribution in [-0.2, 0) is 35.2 Å². The number of carbonyl (C=O) groups is 4. The summed E-state index contributed by atoms with van der Waals surface area (Å²) in [6, 6.07) is 8.06. The van der Waals surface area contributed by atoms with Crippen LogP contribution in [0.15, 0.2) is 30.5 Å². The first-order valence-corrected chi connectivity index (χ1v) is 13.5. The lowest BCUT2D eigenvalue weighted by atomic mass is 9.48. The first-order chi connectivity index (χ1) is 18.0. The molecular weight excluding hydrogens is 484 g/mol. The smallest absolute Gasteiger partial charge is 0.361 e. The van der Waals surface area contributed by atoms with E-state index < -0.39 is 10.8 Å². The Kier molecular flexibility index (Phi) is 7.84. The number of para-hydroxylation sites is 1. The summed E-state index contributed by atoms with van der Waals surface area (Å²) in [5, 5.41) is 4.25. The van der Waals surface area contributed by atoms with Gasteiger partial charge in [-0.1, -0.05) is 32.0 Å². The molecule has 202 valence electrons. The Morgan fingerprint density at radius 3 is 2.53 bits per heavy atom. The van der Waals surface area contributed by atoms with Gasteiger partial charge in [0.2, 0.25) is 5.91 Å². The molecule has 6 atom stereocenters. The van der Waals surface area contributed by atoms with E-state index >= 15 is 0 Å². The summed E-state index contributed by atoms with van der Waals surface area (Å²) in [6.45, 7) is 5.84. The van der Waals surface area contributed by atoms with E-state index in [1.54, 1.807) is 0 Å². The third kappa shape index (κ3) is 4.90. The number of amides is 1. The van der Waals surface area contributed by atoms with Crippen LogP contribution in [0.5, 0.6) is 0 Å². The minimum Gasteiger partial charge on any atom is -0.361 e. The van der Waals surface area contributed by atoms with E-state index in [2.05, 4.69) is 16.4 Å². The van der Waals surface area contributed by atoms with Gasteiger partial charge in [-0.3, -0.25) is 19.2 Å². The van der Waals surface area contributed by atoms with Crippen LogP contribution in [0.3, 0.4) is 0 Å². The van der Waals surface area contributed by atoms with Crippen LogP contribution in [0.25, 0.3) is 10.9 Å². The molecule has 0 bridgehead atoms. The molecule has 1 heterocycles. The van der Waals surface area contributed by atoms with Gasteiger partial charge in [0, 0.05) is 65.6 Å². The van der Waals surface area contributed by atoms with Gasteiger partial charge < -0.3 is 10.3 Å². The number of hydrogen-bond acceptors (Lipinski definition) is 6. The Morgan fingerprint density at radius 2 is 1.79 bits per heavy atom. The Morgan fingerprint density at radius 1 is 1.11 bits per heavy atom. The SMILES string of the molecule is C[C@H](Cc1c[nH]c2ccccc12)NC(=O)CC[C@@]1(C)C(=O)CC[C@@H]2[C@@H]1C(=O)C[C@]1(C)C(=O)CC[C@@H]21.O=C=O. The summed E-state index contributed by atoms with van der Waals surface area (Å²) >= 11 is 0. The van der Waals surface area contributed by atoms with Crippen molar-refractivity contribution in [2.24, 2.45) is 28.6 Å². The second-order valence-electron chi connectivity index (χ2n) is 11.8. The number of H-pyrrole nitrogens is 1. The highest BCUT2D eigenvalue weighted by molar-refractivity contribution is 5.99. The van der Waals surface area contributed by atoms with Gasteiger partial charge in [0.15, 0.2) is 0 Å². The van der Waals surface area contributed by atoms with Crippen LogP contribution in [0.2, 0.25) is 0 Å². The van der Waals surface area contributed by atoms with Gasteiger partial charge in [0.1, 0.15) is 17.3 Å². The van der Waals surface area contributed by atoms with Crippen molar-refractivity contribution in [1.82, 2.24) is 10.3 Å². The summed E-state index contributed by atoms with van der Waals surface area (Å²) < 4.78 is 0. The molecule has 1 aromatic carbocycles. The minimum absolute atomic E-state index is 0.0488. The number of hydrogen-bond donors (Lipinski definition) is 2. The molecule has 2 aromatic rings. The van der Waals surface area contributed by atoms with Crippen LogP contribution in [0.1, 0.15) is 71.3 Å². The third-order valence-corrected chi connectivity index (χ3v) is 9.48. The molecule has 3 aliphatic rings. The molecule has 1 amide bonds. The number of ketones is 3. The van der Waals surface area contributed by atoms with Crippen molar-refractivity contribution in [1.29, 1.82) is 0 Å². The number of aromatic nitrogens is 1. The van der Waals surface area contributed by atoms with E-state index in [0.717, 1.165) is 22.9 Å². The average Bonchev–Trinajstić information content (AvgIpc) is 3.40. The summed E-state index contributed by atoms with van der Waals surface area (Å²) in [7, 11) is 0. The number of fused-ring (bicyclic) bond motifs is 4. The molecule has 38 heavy (non-hydrogen) atoms. The molecule has 2 N–H and O–H groups in total. The van der Waals surface area contributed by atoms with E-state index in [1.807, 2.05) is 45.2 Å². The Hall–Kier alpha value is -3.38. The summed E-state index contributed by atoms with van der Waals surface area (Å²) in [4.78, 5) is 71.6. The van der Waals surface area contributed by atoms with Gasteiger partial charge in [0.25, 0.3) is 0 Å². The fourth-order valence-electron chi connectivity index (χ4n) is 7.61. The van der Waals surface area contributed by atoms with Crippen molar-refractivity contribution >= 4 is 40.3 Å². The Labute approximate surface area is 222 Å². The maximum atomic E-state index is 13.4. The van der Waals surface area contributed by atoms with Crippen LogP contribution >= 0.6 is 0 Å². The number of rotatable bonds is 6. The summed E-state index contributed by atoms with van der Waals surface area (Å²) in [6.07, 6.45) is 6.28. The zero-order chi connectivity index (χ0) is 27.7. The Balaban J connectivity index is 0.00000107. The molecule has 0 aliphatic heterocycles. The van der Waals surface area contributed by atoms with Crippen LogP contribution in [0.4, 0.5) is 0 Å². The van der Waals surface area contributed by atoms with Crippen molar-refractivity contribution in [2.75, 3.05) is 0 Å². The lowest BCUT2D eigenvalue weighted by Gasteiger charge is -2.53. The lowest BCUT2D eigenvalue weighted by molar-refractivity contribution is -0.191. The topological polar surface area (TPSA) is 130 Å². The predicted molar refractivity (Wildman–Crippen MR) is 139 cm³/mol. The van der Waals surface area contributed by atoms with Crippen molar-refractivity contribution in [3.05, 3.63) is 36.0 Å². The van der Waals surface area contributed by atoms with Crippen LogP contribution < -0.4 is 5.32 Å². The third-order valence-electron chi connectivity index (χ3n) is 9.48. The van der Waals surface area contributed by atoms with Gasteiger partial charge in [-0.25, -0.2) is 0 Å². The molecule has 1 aromatic heterocycles. The fraction of sp³-hybridized carbons (Fsp3) is 0.567. The molecule has 3 saturated carbocycles. The fourth-order valence-corrected chi connectivity index (χ4v) is 7.61. The molecule has 0 unspecified atom stereocenters. The largest absolute Gasteiger partial charge is 0.373 e. The molecule has 0 saturated heterocycles. The van der Waals surface area contributed by atoms with E-state index in [1.165, 1.54) is 0 Å². The van der Waals surface area contributed by atoms with E-state index in [-0.39, 0.29) is 66.0 Å². The van der Waals surface area contributed by atoms with E-state index in [9.17, 15) is 19.2 Å². The predicted octanol–water partition coefficient (Wildman–Crippen LogP) is 3.97. The molecule has 3 fully saturated rings. The minimum atomic E-state index is -0.829. The van der Waals surface area contributed by atoms with E-state index in [4.69, 9.17) is 9.59 Å². The maximum absolute atomic E-state index is 13.4. The van der Waals surface area contributed by atoms with E-state index in [0.29, 0.717) is 32.1 Å². The quantitative estimate of drug-likeness (QED) is 0.593. The van der Waals surface area contributed by atoms with Crippen molar-refractivity contribution < 1.29 is 28.8 Å². The lowest BCUT2D eigenvalue weighted by Crippen LogP contribution is -2.56. The zero-order valence-corrected chi connectivity index (χ0v) is 22.3. The first kappa shape index (κ1) is 27.6. The van der Waals surface area contributed by atoms with Crippen LogP contribution in [0, 0.1) is 28.6 Å². The monoisotopic (exact) mass is 520 g/mol.